The first-order chi connectivity index (χ1) is 9.85. The zero-order chi connectivity index (χ0) is 16.0. The summed E-state index contributed by atoms with van der Waals surface area (Å²) < 4.78 is 0. The highest BCUT2D eigenvalue weighted by Crippen LogP contribution is 2.15. The fraction of sp³-hybridized carbons (Fsp3) is 0.600. The number of amides is 2. The van der Waals surface area contributed by atoms with Crippen LogP contribution >= 0.6 is 11.3 Å². The molecule has 0 bridgehead atoms. The summed E-state index contributed by atoms with van der Waals surface area (Å²) in [7, 11) is 0. The SMILES string of the molecule is CC(O)C(NC(=O)NCc1nnc(C(N)CO)s1)C(=O)O. The van der Waals surface area contributed by atoms with Crippen LogP contribution in [0.15, 0.2) is 0 Å². The van der Waals surface area contributed by atoms with Crippen molar-refractivity contribution in [2.24, 2.45) is 5.73 Å². The zero-order valence-electron chi connectivity index (χ0n) is 11.2. The minimum absolute atomic E-state index is 0.0216. The maximum atomic E-state index is 11.5. The standard InChI is InChI=1S/C10H17N5O5S/c1-4(17)7(9(18)19)13-10(20)12-2-6-14-15-8(21-6)5(11)3-16/h4-5,7,16-17H,2-3,11H2,1H3,(H,18,19)(H2,12,13,20). The molecular weight excluding hydrogens is 302 g/mol. The van der Waals surface area contributed by atoms with Crippen molar-refractivity contribution in [3.8, 4) is 0 Å². The smallest absolute Gasteiger partial charge is 0.328 e. The third-order valence-electron chi connectivity index (χ3n) is 2.43. The number of aliphatic carboxylic acids is 1. The van der Waals surface area contributed by atoms with Crippen molar-refractivity contribution in [1.82, 2.24) is 20.8 Å². The van der Waals surface area contributed by atoms with Crippen LogP contribution in [0.3, 0.4) is 0 Å². The van der Waals surface area contributed by atoms with Crippen LogP contribution in [0.1, 0.15) is 23.0 Å². The molecule has 0 fully saturated rings. The van der Waals surface area contributed by atoms with Gasteiger partial charge in [0.05, 0.1) is 25.3 Å². The molecule has 1 rings (SSSR count). The first kappa shape index (κ1) is 17.2. The van der Waals surface area contributed by atoms with Crippen molar-refractivity contribution < 1.29 is 24.9 Å². The third kappa shape index (κ3) is 5.23. The van der Waals surface area contributed by atoms with Crippen LogP contribution in [0.5, 0.6) is 0 Å². The summed E-state index contributed by atoms with van der Waals surface area (Å²) in [6.45, 7) is 1.01. The Hall–Kier alpha value is -1.82. The van der Waals surface area contributed by atoms with Crippen molar-refractivity contribution in [2.45, 2.75) is 31.7 Å². The van der Waals surface area contributed by atoms with Crippen molar-refractivity contribution in [1.29, 1.82) is 0 Å². The molecule has 21 heavy (non-hydrogen) atoms. The Morgan fingerprint density at radius 3 is 2.62 bits per heavy atom. The average molecular weight is 319 g/mol. The summed E-state index contributed by atoms with van der Waals surface area (Å²) in [5.74, 6) is -1.34. The van der Waals surface area contributed by atoms with Crippen LogP contribution in [0.25, 0.3) is 0 Å². The lowest BCUT2D eigenvalue weighted by molar-refractivity contribution is -0.141. The van der Waals surface area contributed by atoms with Crippen LogP contribution in [0.2, 0.25) is 0 Å². The van der Waals surface area contributed by atoms with Crippen molar-refractivity contribution in [3.63, 3.8) is 0 Å². The van der Waals surface area contributed by atoms with E-state index in [1.165, 1.54) is 6.92 Å². The lowest BCUT2D eigenvalue weighted by Gasteiger charge is -2.17. The van der Waals surface area contributed by atoms with E-state index < -0.39 is 30.2 Å². The van der Waals surface area contributed by atoms with E-state index in [0.29, 0.717) is 10.0 Å². The fourth-order valence-electron chi connectivity index (χ4n) is 1.30. The third-order valence-corrected chi connectivity index (χ3v) is 3.49. The van der Waals surface area contributed by atoms with Gasteiger partial charge in [0, 0.05) is 0 Å². The molecule has 0 saturated carbocycles. The summed E-state index contributed by atoms with van der Waals surface area (Å²) in [5.41, 5.74) is 5.56. The number of hydrogen-bond acceptors (Lipinski definition) is 8. The number of hydrogen-bond donors (Lipinski definition) is 6. The molecule has 0 saturated heterocycles. The second-order valence-corrected chi connectivity index (χ2v) is 5.30. The van der Waals surface area contributed by atoms with Gasteiger partial charge < -0.3 is 31.7 Å². The van der Waals surface area contributed by atoms with Crippen LogP contribution in [-0.4, -0.2) is 56.3 Å². The molecule has 0 aromatic carbocycles. The highest BCUT2D eigenvalue weighted by atomic mass is 32.1. The van der Waals surface area contributed by atoms with E-state index in [1.54, 1.807) is 0 Å². The van der Waals surface area contributed by atoms with Crippen LogP contribution in [0.4, 0.5) is 4.79 Å². The number of nitrogens with two attached hydrogens (primary N) is 1. The number of carbonyl (C=O) groups is 2. The van der Waals surface area contributed by atoms with Gasteiger partial charge in [-0.15, -0.1) is 10.2 Å². The van der Waals surface area contributed by atoms with Crippen molar-refractivity contribution in [3.05, 3.63) is 10.0 Å². The predicted molar refractivity (Wildman–Crippen MR) is 72.4 cm³/mol. The van der Waals surface area contributed by atoms with Gasteiger partial charge in [-0.2, -0.15) is 0 Å². The van der Waals surface area contributed by atoms with Gasteiger partial charge in [-0.1, -0.05) is 11.3 Å². The minimum Gasteiger partial charge on any atom is -0.480 e. The second-order valence-electron chi connectivity index (χ2n) is 4.21. The highest BCUT2D eigenvalue weighted by molar-refractivity contribution is 7.11. The molecule has 0 aliphatic heterocycles. The topological polar surface area (TPSA) is 171 Å². The first-order valence-corrected chi connectivity index (χ1v) is 6.80. The Kier molecular flexibility index (Phi) is 6.42. The molecule has 3 unspecified atom stereocenters. The molecule has 3 atom stereocenters. The van der Waals surface area contributed by atoms with Gasteiger partial charge >= 0.3 is 12.0 Å². The van der Waals surface area contributed by atoms with Crippen LogP contribution in [0, 0.1) is 0 Å². The molecule has 1 aromatic heterocycles. The van der Waals surface area contributed by atoms with Gasteiger partial charge in [-0.05, 0) is 6.92 Å². The van der Waals surface area contributed by atoms with E-state index in [1.807, 2.05) is 0 Å². The molecule has 118 valence electrons. The van der Waals surface area contributed by atoms with Crippen LogP contribution < -0.4 is 16.4 Å². The van der Waals surface area contributed by atoms with Gasteiger partial charge in [0.1, 0.15) is 10.0 Å². The highest BCUT2D eigenvalue weighted by Gasteiger charge is 2.24. The zero-order valence-corrected chi connectivity index (χ0v) is 12.0. The molecule has 0 spiro atoms. The fourth-order valence-corrected chi connectivity index (χ4v) is 2.08. The molecule has 2 amide bonds. The quantitative estimate of drug-likeness (QED) is 0.340. The summed E-state index contributed by atoms with van der Waals surface area (Å²) in [6, 6.07) is -2.79. The molecule has 1 heterocycles. The largest absolute Gasteiger partial charge is 0.480 e. The first-order valence-electron chi connectivity index (χ1n) is 5.99. The van der Waals surface area contributed by atoms with Gasteiger partial charge in [-0.25, -0.2) is 9.59 Å². The van der Waals surface area contributed by atoms with E-state index in [-0.39, 0.29) is 13.2 Å². The second kappa shape index (κ2) is 7.83. The maximum absolute atomic E-state index is 11.5. The van der Waals surface area contributed by atoms with Gasteiger partial charge in [0.15, 0.2) is 6.04 Å². The molecule has 0 aliphatic carbocycles. The van der Waals surface area contributed by atoms with Crippen molar-refractivity contribution >= 4 is 23.3 Å². The Bertz CT molecular complexity index is 494. The van der Waals surface area contributed by atoms with Crippen LogP contribution in [-0.2, 0) is 11.3 Å². The van der Waals surface area contributed by atoms with E-state index in [0.717, 1.165) is 11.3 Å². The number of rotatable bonds is 7. The molecule has 11 heteroatoms. The Labute approximate surface area is 124 Å². The van der Waals surface area contributed by atoms with E-state index in [9.17, 15) is 14.7 Å². The number of nitrogens with one attached hydrogen (secondary N) is 2. The monoisotopic (exact) mass is 319 g/mol. The van der Waals surface area contributed by atoms with Gasteiger partial charge in [-0.3, -0.25) is 0 Å². The molecule has 10 nitrogen and oxygen atoms in total. The van der Waals surface area contributed by atoms with Crippen molar-refractivity contribution in [2.75, 3.05) is 6.61 Å². The Balaban J connectivity index is 2.49. The number of aliphatic hydroxyl groups excluding tert-OH is 2. The summed E-state index contributed by atoms with van der Waals surface area (Å²) in [5, 5.41) is 39.8. The normalized spacial score (nSPS) is 15.0. The molecular formula is C10H17N5O5S. The number of nitrogens with zero attached hydrogens (tertiary/aromatic N) is 2. The molecule has 0 radical (unpaired) electrons. The van der Waals surface area contributed by atoms with E-state index in [2.05, 4.69) is 20.8 Å². The lowest BCUT2D eigenvalue weighted by atomic mass is 10.2. The summed E-state index contributed by atoms with van der Waals surface area (Å²) in [4.78, 5) is 22.3. The molecule has 7 N–H and O–H groups in total. The summed E-state index contributed by atoms with van der Waals surface area (Å²) in [6.07, 6.45) is -1.23. The van der Waals surface area contributed by atoms with Gasteiger partial charge in [0.2, 0.25) is 0 Å². The molecule has 1 aromatic rings. The Morgan fingerprint density at radius 1 is 1.43 bits per heavy atom. The maximum Gasteiger partial charge on any atom is 0.328 e. The number of aromatic nitrogens is 2. The lowest BCUT2D eigenvalue weighted by Crippen LogP contribution is -2.50. The van der Waals surface area contributed by atoms with E-state index in [4.69, 9.17) is 15.9 Å². The average Bonchev–Trinajstić information content (AvgIpc) is 2.89. The number of aliphatic hydroxyl groups is 2. The molecule has 0 aliphatic rings. The number of urea groups is 1. The minimum atomic E-state index is -1.40. The van der Waals surface area contributed by atoms with Gasteiger partial charge in [0.25, 0.3) is 0 Å². The van der Waals surface area contributed by atoms with E-state index >= 15 is 0 Å². The summed E-state index contributed by atoms with van der Waals surface area (Å²) >= 11 is 1.12. The Morgan fingerprint density at radius 2 is 2.10 bits per heavy atom. The number of carbonyl (C=O) groups excluding carboxylic acids is 1. The number of carboxylic acid groups (broad SMARTS) is 1. The predicted octanol–water partition coefficient (Wildman–Crippen LogP) is -1.84. The number of carboxylic acids is 1.